The van der Waals surface area contributed by atoms with Crippen LogP contribution in [0.5, 0.6) is 0 Å². The molecule has 0 radical (unpaired) electrons. The maximum atomic E-state index is 14.3. The lowest BCUT2D eigenvalue weighted by molar-refractivity contribution is -0.135. The first kappa shape index (κ1) is 29.4. The first-order chi connectivity index (χ1) is 19.3. The molecule has 2 aromatic rings. The van der Waals surface area contributed by atoms with Crippen LogP contribution in [0.4, 0.5) is 17.1 Å². The van der Waals surface area contributed by atoms with Gasteiger partial charge in [0.05, 0.1) is 29.8 Å². The fraction of sp³-hybridized carbons (Fsp3) is 0.485. The lowest BCUT2D eigenvalue weighted by atomic mass is 9.82. The number of benzene rings is 2. The summed E-state index contributed by atoms with van der Waals surface area (Å²) in [6.45, 7) is 8.71. The number of anilines is 3. The Labute approximate surface area is 238 Å². The number of fused-ring (bicyclic) bond motifs is 1. The van der Waals surface area contributed by atoms with Crippen LogP contribution in [-0.4, -0.2) is 36.9 Å². The summed E-state index contributed by atoms with van der Waals surface area (Å²) in [4.78, 5) is 44.7. The second-order valence-electron chi connectivity index (χ2n) is 11.7. The van der Waals surface area contributed by atoms with Crippen LogP contribution in [0, 0.1) is 23.7 Å². The molecule has 3 atom stereocenters. The third kappa shape index (κ3) is 6.93. The van der Waals surface area contributed by atoms with Gasteiger partial charge in [-0.2, -0.15) is 0 Å². The monoisotopic (exact) mass is 544 g/mol. The SMILES string of the molecule is C=CCC(C(N)=O)C(CC(C)C)C(=O)NC1CN(c2ccccc2)c2ccccc2N(CC2CCCCC2)C1=O. The van der Waals surface area contributed by atoms with Crippen LogP contribution >= 0.6 is 0 Å². The minimum atomic E-state index is -0.796. The van der Waals surface area contributed by atoms with E-state index in [0.717, 1.165) is 29.9 Å². The molecule has 3 amide bonds. The van der Waals surface area contributed by atoms with Gasteiger partial charge < -0.3 is 20.9 Å². The Hall–Kier alpha value is -3.61. The van der Waals surface area contributed by atoms with E-state index in [1.54, 1.807) is 6.08 Å². The number of allylic oxidation sites excluding steroid dienone is 1. The van der Waals surface area contributed by atoms with E-state index < -0.39 is 23.8 Å². The Kier molecular flexibility index (Phi) is 10.0. The highest BCUT2D eigenvalue weighted by molar-refractivity contribution is 6.04. The van der Waals surface area contributed by atoms with Crippen LogP contribution in [0.2, 0.25) is 0 Å². The van der Waals surface area contributed by atoms with Gasteiger partial charge in [0.25, 0.3) is 5.91 Å². The summed E-state index contributed by atoms with van der Waals surface area (Å²) in [5.74, 6) is -1.69. The van der Waals surface area contributed by atoms with Gasteiger partial charge in [0.2, 0.25) is 11.8 Å². The summed E-state index contributed by atoms with van der Waals surface area (Å²) in [7, 11) is 0. The maximum absolute atomic E-state index is 14.3. The Morgan fingerprint density at radius 3 is 2.27 bits per heavy atom. The van der Waals surface area contributed by atoms with E-state index in [1.807, 2.05) is 73.3 Å². The predicted molar refractivity (Wildman–Crippen MR) is 161 cm³/mol. The molecule has 1 fully saturated rings. The summed E-state index contributed by atoms with van der Waals surface area (Å²) < 4.78 is 0. The van der Waals surface area contributed by atoms with Gasteiger partial charge in [-0.1, -0.05) is 69.5 Å². The van der Waals surface area contributed by atoms with Crippen molar-refractivity contribution in [2.45, 2.75) is 64.8 Å². The summed E-state index contributed by atoms with van der Waals surface area (Å²) >= 11 is 0. The van der Waals surface area contributed by atoms with E-state index in [2.05, 4.69) is 16.8 Å². The van der Waals surface area contributed by atoms with Crippen LogP contribution in [0.25, 0.3) is 0 Å². The van der Waals surface area contributed by atoms with Gasteiger partial charge in [0.1, 0.15) is 6.04 Å². The zero-order valence-corrected chi connectivity index (χ0v) is 23.9. The number of hydrogen-bond donors (Lipinski definition) is 2. The lowest BCUT2D eigenvalue weighted by Gasteiger charge is -2.32. The van der Waals surface area contributed by atoms with Crippen molar-refractivity contribution in [2.24, 2.45) is 29.4 Å². The Bertz CT molecular complexity index is 1180. The largest absolute Gasteiger partial charge is 0.369 e. The molecule has 1 aliphatic heterocycles. The summed E-state index contributed by atoms with van der Waals surface area (Å²) in [6.07, 6.45) is 8.24. The molecular formula is C33H44N4O3. The Balaban J connectivity index is 1.72. The average Bonchev–Trinajstić information content (AvgIpc) is 3.06. The number of carbonyl (C=O) groups excluding carboxylic acids is 3. The van der Waals surface area contributed by atoms with E-state index in [4.69, 9.17) is 5.73 Å². The molecule has 1 aliphatic carbocycles. The molecule has 7 nitrogen and oxygen atoms in total. The van der Waals surface area contributed by atoms with Gasteiger partial charge in [-0.25, -0.2) is 0 Å². The average molecular weight is 545 g/mol. The smallest absolute Gasteiger partial charge is 0.251 e. The molecule has 2 aliphatic rings. The highest BCUT2D eigenvalue weighted by Crippen LogP contribution is 2.39. The van der Waals surface area contributed by atoms with Gasteiger partial charge in [-0.05, 0) is 61.8 Å². The summed E-state index contributed by atoms with van der Waals surface area (Å²) in [5, 5.41) is 3.10. The fourth-order valence-electron chi connectivity index (χ4n) is 6.26. The van der Waals surface area contributed by atoms with Crippen molar-refractivity contribution in [3.63, 3.8) is 0 Å². The fourth-order valence-corrected chi connectivity index (χ4v) is 6.26. The van der Waals surface area contributed by atoms with Gasteiger partial charge in [-0.3, -0.25) is 14.4 Å². The zero-order chi connectivity index (χ0) is 28.6. The van der Waals surface area contributed by atoms with Crippen LogP contribution in [0.3, 0.4) is 0 Å². The van der Waals surface area contributed by atoms with Crippen molar-refractivity contribution in [1.29, 1.82) is 0 Å². The topological polar surface area (TPSA) is 95.7 Å². The van der Waals surface area contributed by atoms with Crippen LogP contribution in [-0.2, 0) is 14.4 Å². The zero-order valence-electron chi connectivity index (χ0n) is 23.9. The van der Waals surface area contributed by atoms with Crippen LogP contribution in [0.1, 0.15) is 58.8 Å². The van der Waals surface area contributed by atoms with Gasteiger partial charge in [0, 0.05) is 12.2 Å². The number of primary amides is 1. The molecule has 0 saturated heterocycles. The highest BCUT2D eigenvalue weighted by Gasteiger charge is 2.39. The van der Waals surface area contributed by atoms with E-state index in [-0.39, 0.29) is 24.3 Å². The molecule has 1 heterocycles. The molecule has 7 heteroatoms. The van der Waals surface area contributed by atoms with Crippen molar-refractivity contribution in [2.75, 3.05) is 22.9 Å². The van der Waals surface area contributed by atoms with E-state index in [9.17, 15) is 14.4 Å². The van der Waals surface area contributed by atoms with Crippen LogP contribution in [0.15, 0.2) is 67.3 Å². The molecule has 2 aromatic carbocycles. The molecule has 0 spiro atoms. The van der Waals surface area contributed by atoms with Crippen molar-refractivity contribution in [1.82, 2.24) is 5.32 Å². The first-order valence-corrected chi connectivity index (χ1v) is 14.7. The number of nitrogens with two attached hydrogens (primary N) is 1. The van der Waals surface area contributed by atoms with E-state index in [1.165, 1.54) is 19.3 Å². The quantitative estimate of drug-likeness (QED) is 0.361. The normalized spacial score (nSPS) is 19.5. The minimum Gasteiger partial charge on any atom is -0.369 e. The molecule has 3 unspecified atom stereocenters. The number of rotatable bonds is 11. The van der Waals surface area contributed by atoms with Gasteiger partial charge in [0.15, 0.2) is 0 Å². The Morgan fingerprint density at radius 2 is 1.65 bits per heavy atom. The standard InChI is InChI=1S/C33H44N4O3/c1-4-13-26(31(34)38)27(20-23(2)3)32(39)35-28-22-36(25-16-9-6-10-17-25)29-18-11-12-19-30(29)37(33(28)40)21-24-14-7-5-8-15-24/h4,6,9-12,16-19,23-24,26-28H,1,5,7-8,13-15,20-22H2,2-3H3,(H2,34,38)(H,35,39). The molecule has 1 saturated carbocycles. The molecule has 0 aromatic heterocycles. The van der Waals surface area contributed by atoms with Crippen LogP contribution < -0.4 is 20.9 Å². The highest BCUT2D eigenvalue weighted by atomic mass is 16.2. The first-order valence-electron chi connectivity index (χ1n) is 14.7. The third-order valence-electron chi connectivity index (χ3n) is 8.28. The van der Waals surface area contributed by atoms with Crippen molar-refractivity contribution >= 4 is 34.8 Å². The number of para-hydroxylation sites is 3. The number of amides is 3. The lowest BCUT2D eigenvalue weighted by Crippen LogP contribution is -2.55. The molecule has 0 bridgehead atoms. The Morgan fingerprint density at radius 1 is 1.00 bits per heavy atom. The van der Waals surface area contributed by atoms with Gasteiger partial charge in [-0.15, -0.1) is 6.58 Å². The maximum Gasteiger partial charge on any atom is 0.251 e. The summed E-state index contributed by atoms with van der Waals surface area (Å²) in [5.41, 5.74) is 8.50. The van der Waals surface area contributed by atoms with E-state index in [0.29, 0.717) is 25.3 Å². The van der Waals surface area contributed by atoms with Crippen molar-refractivity contribution < 1.29 is 14.4 Å². The molecule has 214 valence electrons. The van der Waals surface area contributed by atoms with Gasteiger partial charge >= 0.3 is 0 Å². The molecule has 4 rings (SSSR count). The molecule has 3 N–H and O–H groups in total. The van der Waals surface area contributed by atoms with Crippen molar-refractivity contribution in [3.05, 3.63) is 67.3 Å². The number of nitrogens with one attached hydrogen (secondary N) is 1. The van der Waals surface area contributed by atoms with E-state index >= 15 is 0 Å². The second kappa shape index (κ2) is 13.6. The molecular weight excluding hydrogens is 500 g/mol. The number of nitrogens with zero attached hydrogens (tertiary/aromatic N) is 2. The second-order valence-corrected chi connectivity index (χ2v) is 11.7. The third-order valence-corrected chi connectivity index (χ3v) is 8.28. The number of hydrogen-bond acceptors (Lipinski definition) is 4. The summed E-state index contributed by atoms with van der Waals surface area (Å²) in [6, 6.07) is 17.2. The van der Waals surface area contributed by atoms with Crippen molar-refractivity contribution in [3.8, 4) is 0 Å². The predicted octanol–water partition coefficient (Wildman–Crippen LogP) is 5.58. The minimum absolute atomic E-state index is 0.118. The molecule has 40 heavy (non-hydrogen) atoms. The number of carbonyl (C=O) groups is 3.